The van der Waals surface area contributed by atoms with E-state index in [4.69, 9.17) is 10.5 Å². The standard InChI is InChI=1S/C16H23NO3/c1-4-20-15(19)16(2,3)13-9-7-12(8-10-13)14(18)6-5-11-17/h7-10H,4-6,11,17H2,1-3H3. The summed E-state index contributed by atoms with van der Waals surface area (Å²) in [6.45, 7) is 6.29. The van der Waals surface area contributed by atoms with Crippen LogP contribution in [0.1, 0.15) is 49.5 Å². The van der Waals surface area contributed by atoms with Gasteiger partial charge < -0.3 is 10.5 Å². The van der Waals surface area contributed by atoms with E-state index in [1.165, 1.54) is 0 Å². The number of Topliss-reactive ketones (excluding diaryl/α,β-unsaturated/α-hetero) is 1. The Balaban J connectivity index is 2.85. The third kappa shape index (κ3) is 3.90. The van der Waals surface area contributed by atoms with Gasteiger partial charge in [-0.15, -0.1) is 0 Å². The van der Waals surface area contributed by atoms with E-state index in [0.717, 1.165) is 5.56 Å². The van der Waals surface area contributed by atoms with Crippen LogP contribution in [0.25, 0.3) is 0 Å². The SMILES string of the molecule is CCOC(=O)C(C)(C)c1ccc(C(=O)CCCN)cc1. The first-order valence-corrected chi connectivity index (χ1v) is 6.94. The molecular weight excluding hydrogens is 254 g/mol. The van der Waals surface area contributed by atoms with Gasteiger partial charge in [0.25, 0.3) is 0 Å². The normalized spacial score (nSPS) is 11.2. The number of ether oxygens (including phenoxy) is 1. The van der Waals surface area contributed by atoms with Gasteiger partial charge >= 0.3 is 5.97 Å². The fourth-order valence-corrected chi connectivity index (χ4v) is 1.91. The number of ketones is 1. The molecule has 20 heavy (non-hydrogen) atoms. The van der Waals surface area contributed by atoms with Gasteiger partial charge in [-0.05, 0) is 39.3 Å². The largest absolute Gasteiger partial charge is 0.465 e. The average Bonchev–Trinajstić information content (AvgIpc) is 2.45. The maximum absolute atomic E-state index is 11.9. The summed E-state index contributed by atoms with van der Waals surface area (Å²) in [6, 6.07) is 7.14. The number of carbonyl (C=O) groups is 2. The summed E-state index contributed by atoms with van der Waals surface area (Å²) in [5.74, 6) is -0.182. The van der Waals surface area contributed by atoms with Crippen molar-refractivity contribution in [2.75, 3.05) is 13.2 Å². The van der Waals surface area contributed by atoms with E-state index in [0.29, 0.717) is 31.6 Å². The summed E-state index contributed by atoms with van der Waals surface area (Å²) >= 11 is 0. The van der Waals surface area contributed by atoms with Gasteiger partial charge in [-0.3, -0.25) is 9.59 Å². The second kappa shape index (κ2) is 7.20. The van der Waals surface area contributed by atoms with Gasteiger partial charge in [-0.1, -0.05) is 24.3 Å². The maximum Gasteiger partial charge on any atom is 0.315 e. The quantitative estimate of drug-likeness (QED) is 0.614. The minimum atomic E-state index is -0.713. The molecule has 110 valence electrons. The highest BCUT2D eigenvalue weighted by Gasteiger charge is 2.31. The smallest absolute Gasteiger partial charge is 0.315 e. The van der Waals surface area contributed by atoms with Crippen molar-refractivity contribution >= 4 is 11.8 Å². The van der Waals surface area contributed by atoms with Crippen molar-refractivity contribution in [3.63, 3.8) is 0 Å². The Morgan fingerprint density at radius 3 is 2.30 bits per heavy atom. The lowest BCUT2D eigenvalue weighted by Gasteiger charge is -2.22. The van der Waals surface area contributed by atoms with Gasteiger partial charge in [0, 0.05) is 12.0 Å². The van der Waals surface area contributed by atoms with Crippen molar-refractivity contribution in [3.05, 3.63) is 35.4 Å². The molecule has 1 aromatic carbocycles. The molecule has 1 rings (SSSR count). The van der Waals surface area contributed by atoms with Gasteiger partial charge in [0.2, 0.25) is 0 Å². The fraction of sp³-hybridized carbons (Fsp3) is 0.500. The molecule has 0 amide bonds. The summed E-state index contributed by atoms with van der Waals surface area (Å²) in [4.78, 5) is 23.8. The third-order valence-electron chi connectivity index (χ3n) is 3.32. The lowest BCUT2D eigenvalue weighted by atomic mass is 9.84. The number of esters is 1. The van der Waals surface area contributed by atoms with Gasteiger partial charge in [0.15, 0.2) is 5.78 Å². The second-order valence-corrected chi connectivity index (χ2v) is 5.24. The Kier molecular flexibility index (Phi) is 5.89. The molecule has 1 aromatic rings. The summed E-state index contributed by atoms with van der Waals surface area (Å²) < 4.78 is 5.07. The zero-order valence-corrected chi connectivity index (χ0v) is 12.4. The number of hydrogen-bond acceptors (Lipinski definition) is 4. The molecule has 0 atom stereocenters. The topological polar surface area (TPSA) is 69.4 Å². The third-order valence-corrected chi connectivity index (χ3v) is 3.32. The minimum absolute atomic E-state index is 0.0796. The zero-order valence-electron chi connectivity index (χ0n) is 12.4. The molecule has 0 aromatic heterocycles. The molecular formula is C16H23NO3. The van der Waals surface area contributed by atoms with Crippen molar-refractivity contribution in [2.24, 2.45) is 5.73 Å². The number of nitrogens with two attached hydrogens (primary N) is 1. The van der Waals surface area contributed by atoms with Crippen LogP contribution >= 0.6 is 0 Å². The Labute approximate surface area is 120 Å². The van der Waals surface area contributed by atoms with E-state index in [1.54, 1.807) is 19.1 Å². The van der Waals surface area contributed by atoms with Crippen LogP contribution in [0.4, 0.5) is 0 Å². The predicted octanol–water partition coefficient (Wildman–Crippen LogP) is 2.45. The van der Waals surface area contributed by atoms with Crippen molar-refractivity contribution in [1.29, 1.82) is 0 Å². The summed E-state index contributed by atoms with van der Waals surface area (Å²) in [6.07, 6.45) is 1.14. The van der Waals surface area contributed by atoms with Crippen LogP contribution < -0.4 is 5.73 Å². The molecule has 4 nitrogen and oxygen atoms in total. The molecule has 0 spiro atoms. The van der Waals surface area contributed by atoms with Gasteiger partial charge in [-0.2, -0.15) is 0 Å². The Morgan fingerprint density at radius 1 is 1.20 bits per heavy atom. The molecule has 0 radical (unpaired) electrons. The van der Waals surface area contributed by atoms with E-state index >= 15 is 0 Å². The molecule has 0 saturated heterocycles. The Morgan fingerprint density at radius 2 is 1.80 bits per heavy atom. The first-order valence-electron chi connectivity index (χ1n) is 6.94. The van der Waals surface area contributed by atoms with Crippen LogP contribution in [0.5, 0.6) is 0 Å². The van der Waals surface area contributed by atoms with Crippen molar-refractivity contribution in [3.8, 4) is 0 Å². The minimum Gasteiger partial charge on any atom is -0.465 e. The zero-order chi connectivity index (χ0) is 15.2. The van der Waals surface area contributed by atoms with E-state index in [9.17, 15) is 9.59 Å². The lowest BCUT2D eigenvalue weighted by Crippen LogP contribution is -2.31. The summed E-state index contributed by atoms with van der Waals surface area (Å²) in [5.41, 5.74) is 6.17. The van der Waals surface area contributed by atoms with E-state index in [1.807, 2.05) is 26.0 Å². The van der Waals surface area contributed by atoms with Crippen molar-refractivity contribution < 1.29 is 14.3 Å². The van der Waals surface area contributed by atoms with E-state index < -0.39 is 5.41 Å². The number of rotatable bonds is 7. The fourth-order valence-electron chi connectivity index (χ4n) is 1.91. The highest BCUT2D eigenvalue weighted by Crippen LogP contribution is 2.25. The van der Waals surface area contributed by atoms with Crippen molar-refractivity contribution in [1.82, 2.24) is 0 Å². The molecule has 0 aliphatic heterocycles. The molecule has 0 bridgehead atoms. The van der Waals surface area contributed by atoms with Crippen LogP contribution in [0.15, 0.2) is 24.3 Å². The molecule has 0 heterocycles. The number of benzene rings is 1. The number of carbonyl (C=O) groups excluding carboxylic acids is 2. The molecule has 0 fully saturated rings. The maximum atomic E-state index is 11.9. The van der Waals surface area contributed by atoms with Crippen LogP contribution in [-0.2, 0) is 14.9 Å². The molecule has 0 unspecified atom stereocenters. The molecule has 0 saturated carbocycles. The second-order valence-electron chi connectivity index (χ2n) is 5.24. The molecule has 0 aliphatic rings. The van der Waals surface area contributed by atoms with Crippen LogP contribution in [0, 0.1) is 0 Å². The summed E-state index contributed by atoms with van der Waals surface area (Å²) in [5, 5.41) is 0. The van der Waals surface area contributed by atoms with Gasteiger partial charge in [-0.25, -0.2) is 0 Å². The van der Waals surface area contributed by atoms with Crippen LogP contribution in [0.3, 0.4) is 0 Å². The molecule has 4 heteroatoms. The first kappa shape index (κ1) is 16.4. The monoisotopic (exact) mass is 277 g/mol. The van der Waals surface area contributed by atoms with E-state index in [2.05, 4.69) is 0 Å². The highest BCUT2D eigenvalue weighted by atomic mass is 16.5. The first-order chi connectivity index (χ1) is 9.43. The Hall–Kier alpha value is -1.68. The van der Waals surface area contributed by atoms with Crippen LogP contribution in [-0.4, -0.2) is 24.9 Å². The highest BCUT2D eigenvalue weighted by molar-refractivity contribution is 5.96. The molecule has 2 N–H and O–H groups in total. The molecule has 0 aliphatic carbocycles. The predicted molar refractivity (Wildman–Crippen MR) is 78.7 cm³/mol. The Bertz CT molecular complexity index is 463. The average molecular weight is 277 g/mol. The van der Waals surface area contributed by atoms with E-state index in [-0.39, 0.29) is 11.8 Å². The summed E-state index contributed by atoms with van der Waals surface area (Å²) in [7, 11) is 0. The van der Waals surface area contributed by atoms with Crippen LogP contribution in [0.2, 0.25) is 0 Å². The number of hydrogen-bond donors (Lipinski definition) is 1. The lowest BCUT2D eigenvalue weighted by molar-refractivity contribution is -0.148. The van der Waals surface area contributed by atoms with Crippen molar-refractivity contribution in [2.45, 2.75) is 39.0 Å². The van der Waals surface area contributed by atoms with Gasteiger partial charge in [0.05, 0.1) is 12.0 Å². The van der Waals surface area contributed by atoms with Gasteiger partial charge in [0.1, 0.15) is 0 Å².